The highest BCUT2D eigenvalue weighted by Crippen LogP contribution is 2.61. The second-order valence-electron chi connectivity index (χ2n) is 9.36. The summed E-state index contributed by atoms with van der Waals surface area (Å²) in [7, 11) is 0. The van der Waals surface area contributed by atoms with E-state index < -0.39 is 5.60 Å². The fraction of sp³-hybridized carbons (Fsp3) is 1.00. The van der Waals surface area contributed by atoms with Crippen LogP contribution in [0.25, 0.3) is 0 Å². The quantitative estimate of drug-likeness (QED) is 0.854. The van der Waals surface area contributed by atoms with Crippen molar-refractivity contribution >= 4 is 0 Å². The molecule has 4 bridgehead atoms. The molecule has 0 aromatic rings. The van der Waals surface area contributed by atoms with Crippen LogP contribution in [0.1, 0.15) is 71.1 Å². The van der Waals surface area contributed by atoms with Gasteiger partial charge in [-0.3, -0.25) is 0 Å². The number of nitrogens with zero attached hydrogens (tertiary/aromatic N) is 1. The van der Waals surface area contributed by atoms with Crippen molar-refractivity contribution in [2.45, 2.75) is 76.7 Å². The van der Waals surface area contributed by atoms with Crippen molar-refractivity contribution in [3.05, 3.63) is 0 Å². The minimum absolute atomic E-state index is 0.407. The van der Waals surface area contributed by atoms with Crippen molar-refractivity contribution in [3.8, 4) is 0 Å². The lowest BCUT2D eigenvalue weighted by Gasteiger charge is -2.57. The minimum Gasteiger partial charge on any atom is -0.390 e. The Hall–Kier alpha value is -0.0800. The predicted octanol–water partition coefficient (Wildman–Crippen LogP) is 3.83. The lowest BCUT2D eigenvalue weighted by molar-refractivity contribution is -0.0610. The third-order valence-electron chi connectivity index (χ3n) is 7.28. The topological polar surface area (TPSA) is 23.5 Å². The third-order valence-corrected chi connectivity index (χ3v) is 7.28. The van der Waals surface area contributed by atoms with Crippen LogP contribution >= 0.6 is 0 Å². The normalized spacial score (nSPS) is 50.3. The van der Waals surface area contributed by atoms with Crippen molar-refractivity contribution in [2.75, 3.05) is 19.6 Å². The van der Waals surface area contributed by atoms with Gasteiger partial charge in [-0.15, -0.1) is 0 Å². The van der Waals surface area contributed by atoms with Gasteiger partial charge in [0.05, 0.1) is 5.60 Å². The Bertz CT molecular complexity index is 354. The van der Waals surface area contributed by atoms with Crippen LogP contribution in [0.2, 0.25) is 0 Å². The second-order valence-corrected chi connectivity index (χ2v) is 9.36. The molecule has 4 aliphatic carbocycles. The Kier molecular flexibility index (Phi) is 3.61. The largest absolute Gasteiger partial charge is 0.390 e. The Morgan fingerprint density at radius 3 is 2.19 bits per heavy atom. The molecule has 5 aliphatic rings. The predicted molar refractivity (Wildman–Crippen MR) is 86.1 cm³/mol. The first-order valence-corrected chi connectivity index (χ1v) is 9.47. The molecular formula is C19H33NO. The summed E-state index contributed by atoms with van der Waals surface area (Å²) in [6.45, 7) is 5.64. The van der Waals surface area contributed by atoms with Crippen LogP contribution in [0.3, 0.4) is 0 Å². The molecule has 0 amide bonds. The highest BCUT2D eigenvalue weighted by molar-refractivity contribution is 5.01. The Morgan fingerprint density at radius 2 is 1.57 bits per heavy atom. The molecular weight excluding hydrogens is 258 g/mol. The monoisotopic (exact) mass is 291 g/mol. The van der Waals surface area contributed by atoms with Crippen molar-refractivity contribution in [3.63, 3.8) is 0 Å². The van der Waals surface area contributed by atoms with Crippen LogP contribution in [-0.2, 0) is 0 Å². The molecule has 5 fully saturated rings. The first-order valence-electron chi connectivity index (χ1n) is 9.47. The van der Waals surface area contributed by atoms with Gasteiger partial charge in [-0.25, -0.2) is 0 Å². The van der Waals surface area contributed by atoms with E-state index in [-0.39, 0.29) is 0 Å². The molecule has 0 radical (unpaired) electrons. The van der Waals surface area contributed by atoms with Gasteiger partial charge in [0.2, 0.25) is 0 Å². The standard InChI is InChI=1S/C19H33NO/c1-18(21)3-2-6-20(7-4-18)8-5-19-12-15-9-16(13-19)11-17(10-15)14-19/h15-17,21H,2-14H2,1H3. The van der Waals surface area contributed by atoms with Crippen molar-refractivity contribution in [2.24, 2.45) is 23.2 Å². The number of aliphatic hydroxyl groups is 1. The summed E-state index contributed by atoms with van der Waals surface area (Å²) in [6.07, 6.45) is 13.9. The fourth-order valence-electron chi connectivity index (χ4n) is 6.53. The maximum atomic E-state index is 10.2. The first kappa shape index (κ1) is 14.5. The molecule has 1 N–H and O–H groups in total. The van der Waals surface area contributed by atoms with Crippen molar-refractivity contribution < 1.29 is 5.11 Å². The van der Waals surface area contributed by atoms with Crippen molar-refractivity contribution in [1.29, 1.82) is 0 Å². The third kappa shape index (κ3) is 3.03. The van der Waals surface area contributed by atoms with Crippen LogP contribution in [-0.4, -0.2) is 35.2 Å². The molecule has 1 atom stereocenters. The van der Waals surface area contributed by atoms with Gasteiger partial charge in [-0.1, -0.05) is 0 Å². The molecule has 1 saturated heterocycles. The molecule has 5 rings (SSSR count). The van der Waals surface area contributed by atoms with E-state index in [0.29, 0.717) is 0 Å². The van der Waals surface area contributed by atoms with Crippen LogP contribution in [0.4, 0.5) is 0 Å². The molecule has 4 saturated carbocycles. The Balaban J connectivity index is 1.34. The summed E-state index contributed by atoms with van der Waals surface area (Å²) in [5.74, 6) is 3.25. The van der Waals surface area contributed by atoms with Crippen LogP contribution in [0.5, 0.6) is 0 Å². The van der Waals surface area contributed by atoms with Crippen LogP contribution < -0.4 is 0 Å². The van der Waals surface area contributed by atoms with Gasteiger partial charge < -0.3 is 10.0 Å². The van der Waals surface area contributed by atoms with Gasteiger partial charge in [0.1, 0.15) is 0 Å². The van der Waals surface area contributed by atoms with E-state index in [1.165, 1.54) is 25.9 Å². The summed E-state index contributed by atoms with van der Waals surface area (Å²) in [4.78, 5) is 2.65. The van der Waals surface area contributed by atoms with E-state index in [0.717, 1.165) is 42.6 Å². The fourth-order valence-corrected chi connectivity index (χ4v) is 6.53. The SMILES string of the molecule is CC1(O)CCCN(CCC23CC4CC(CC(C4)C2)C3)CC1. The second kappa shape index (κ2) is 5.23. The highest BCUT2D eigenvalue weighted by Gasteiger charge is 2.50. The lowest BCUT2D eigenvalue weighted by Crippen LogP contribution is -2.47. The Morgan fingerprint density at radius 1 is 0.952 bits per heavy atom. The number of rotatable bonds is 3. The maximum absolute atomic E-state index is 10.2. The summed E-state index contributed by atoms with van der Waals surface area (Å²) in [5, 5.41) is 10.2. The average molecular weight is 291 g/mol. The number of hydrogen-bond acceptors (Lipinski definition) is 2. The summed E-state index contributed by atoms with van der Waals surface area (Å²) in [5.41, 5.74) is 0.318. The zero-order valence-electron chi connectivity index (χ0n) is 13.8. The molecule has 1 heterocycles. The van der Waals surface area contributed by atoms with E-state index in [1.54, 1.807) is 38.5 Å². The highest BCUT2D eigenvalue weighted by atomic mass is 16.3. The van der Waals surface area contributed by atoms with Gasteiger partial charge in [0, 0.05) is 6.54 Å². The van der Waals surface area contributed by atoms with E-state index in [9.17, 15) is 5.11 Å². The van der Waals surface area contributed by atoms with Gasteiger partial charge in [-0.05, 0) is 107 Å². The van der Waals surface area contributed by atoms with E-state index >= 15 is 0 Å². The number of likely N-dealkylation sites (tertiary alicyclic amines) is 1. The molecule has 0 spiro atoms. The zero-order chi connectivity index (χ0) is 14.5. The van der Waals surface area contributed by atoms with E-state index in [4.69, 9.17) is 0 Å². The lowest BCUT2D eigenvalue weighted by atomic mass is 9.49. The summed E-state index contributed by atoms with van der Waals surface area (Å²) < 4.78 is 0. The average Bonchev–Trinajstić information content (AvgIpc) is 2.56. The first-order chi connectivity index (χ1) is 10.0. The molecule has 2 heteroatoms. The van der Waals surface area contributed by atoms with Crippen molar-refractivity contribution in [1.82, 2.24) is 4.90 Å². The maximum Gasteiger partial charge on any atom is 0.0632 e. The van der Waals surface area contributed by atoms with E-state index in [2.05, 4.69) is 4.90 Å². The molecule has 21 heavy (non-hydrogen) atoms. The summed E-state index contributed by atoms with van der Waals surface area (Å²) >= 11 is 0. The van der Waals surface area contributed by atoms with Gasteiger partial charge >= 0.3 is 0 Å². The molecule has 0 aromatic heterocycles. The van der Waals surface area contributed by atoms with Crippen LogP contribution in [0.15, 0.2) is 0 Å². The molecule has 0 aromatic carbocycles. The Labute approximate surface area is 130 Å². The zero-order valence-corrected chi connectivity index (χ0v) is 13.8. The van der Waals surface area contributed by atoms with Crippen LogP contribution in [0, 0.1) is 23.2 Å². The molecule has 1 aliphatic heterocycles. The molecule has 1 unspecified atom stereocenters. The minimum atomic E-state index is -0.407. The molecule has 2 nitrogen and oxygen atoms in total. The van der Waals surface area contributed by atoms with E-state index in [1.807, 2.05) is 6.92 Å². The van der Waals surface area contributed by atoms with Gasteiger partial charge in [-0.2, -0.15) is 0 Å². The van der Waals surface area contributed by atoms with Gasteiger partial charge in [0.25, 0.3) is 0 Å². The summed E-state index contributed by atoms with van der Waals surface area (Å²) in [6, 6.07) is 0. The smallest absolute Gasteiger partial charge is 0.0632 e. The number of hydrogen-bond donors (Lipinski definition) is 1. The molecule has 120 valence electrons. The van der Waals surface area contributed by atoms with Gasteiger partial charge in [0.15, 0.2) is 0 Å².